The third-order valence-corrected chi connectivity index (χ3v) is 6.34. The van der Waals surface area contributed by atoms with Gasteiger partial charge in [0.1, 0.15) is 0 Å². The Morgan fingerprint density at radius 1 is 1.00 bits per heavy atom. The quantitative estimate of drug-likeness (QED) is 0.452. The molecule has 0 atom stereocenters. The van der Waals surface area contributed by atoms with Crippen molar-refractivity contribution in [2.24, 2.45) is 10.8 Å². The molecule has 0 radical (unpaired) electrons. The fourth-order valence-corrected chi connectivity index (χ4v) is 4.64. The van der Waals surface area contributed by atoms with Gasteiger partial charge in [-0.1, -0.05) is 64.7 Å². The smallest absolute Gasteiger partial charge is 0.0613 e. The van der Waals surface area contributed by atoms with Gasteiger partial charge in [0, 0.05) is 23.6 Å². The molecule has 0 saturated carbocycles. The van der Waals surface area contributed by atoms with Crippen LogP contribution in [0.15, 0.2) is 18.3 Å². The van der Waals surface area contributed by atoms with Gasteiger partial charge in [-0.15, -0.1) is 0 Å². The summed E-state index contributed by atoms with van der Waals surface area (Å²) in [6, 6.07) is 4.05. The van der Waals surface area contributed by atoms with Crippen molar-refractivity contribution in [1.29, 1.82) is 0 Å². The topological polar surface area (TPSA) is 17.0 Å². The maximum Gasteiger partial charge on any atom is 0.0613 e. The Bertz CT molecular complexity index is 772. The van der Waals surface area contributed by atoms with Gasteiger partial charge in [-0.25, -0.2) is 0 Å². The number of fused-ring (bicyclic) bond motifs is 1. The molecule has 0 unspecified atom stereocenters. The van der Waals surface area contributed by atoms with Crippen LogP contribution >= 0.6 is 23.2 Å². The van der Waals surface area contributed by atoms with E-state index in [0.29, 0.717) is 21.4 Å². The molecule has 1 aromatic carbocycles. The standard InChI is InChI=1S/C23H36Cl2N2/c1-16(2)18-14-27(21-13-20(25)19(24)12-17(18)21)11-9-23(5,6)15-22(3,4)8-10-26-7/h12-14,16,26H,8-11,15H2,1-7H3. The lowest BCUT2D eigenvalue weighted by molar-refractivity contribution is 0.166. The maximum atomic E-state index is 6.32. The minimum Gasteiger partial charge on any atom is -0.347 e. The van der Waals surface area contributed by atoms with Crippen LogP contribution in [-0.4, -0.2) is 18.2 Å². The summed E-state index contributed by atoms with van der Waals surface area (Å²) in [5.41, 5.74) is 3.15. The van der Waals surface area contributed by atoms with Crippen LogP contribution in [0.5, 0.6) is 0 Å². The molecular formula is C23H36Cl2N2. The van der Waals surface area contributed by atoms with Gasteiger partial charge >= 0.3 is 0 Å². The number of nitrogens with zero attached hydrogens (tertiary/aromatic N) is 1. The first-order chi connectivity index (χ1) is 12.5. The predicted molar refractivity (Wildman–Crippen MR) is 121 cm³/mol. The number of nitrogens with one attached hydrogen (secondary N) is 1. The summed E-state index contributed by atoms with van der Waals surface area (Å²) in [5.74, 6) is 0.458. The molecule has 1 aromatic heterocycles. The van der Waals surface area contributed by atoms with Crippen LogP contribution in [0, 0.1) is 10.8 Å². The number of halogens is 2. The summed E-state index contributed by atoms with van der Waals surface area (Å²) >= 11 is 12.6. The zero-order valence-corrected chi connectivity index (χ0v) is 19.6. The first-order valence-electron chi connectivity index (χ1n) is 10.1. The Kier molecular flexibility index (Phi) is 7.33. The number of rotatable bonds is 9. The summed E-state index contributed by atoms with van der Waals surface area (Å²) < 4.78 is 2.37. The average molecular weight is 411 g/mol. The van der Waals surface area contributed by atoms with Crippen molar-refractivity contribution in [1.82, 2.24) is 9.88 Å². The zero-order chi connectivity index (χ0) is 20.4. The van der Waals surface area contributed by atoms with Gasteiger partial charge in [0.25, 0.3) is 0 Å². The van der Waals surface area contributed by atoms with Gasteiger partial charge in [-0.05, 0) is 67.3 Å². The minimum absolute atomic E-state index is 0.280. The van der Waals surface area contributed by atoms with E-state index in [0.717, 1.165) is 19.5 Å². The highest BCUT2D eigenvalue weighted by Gasteiger charge is 2.28. The van der Waals surface area contributed by atoms with Gasteiger partial charge in [-0.2, -0.15) is 0 Å². The van der Waals surface area contributed by atoms with Crippen molar-refractivity contribution in [3.8, 4) is 0 Å². The summed E-state index contributed by atoms with van der Waals surface area (Å²) in [6.07, 6.45) is 5.84. The van der Waals surface area contributed by atoms with Crippen molar-refractivity contribution in [3.05, 3.63) is 33.9 Å². The van der Waals surface area contributed by atoms with Crippen LogP contribution in [0.25, 0.3) is 10.9 Å². The van der Waals surface area contributed by atoms with Crippen molar-refractivity contribution < 1.29 is 0 Å². The number of aromatic nitrogens is 1. The highest BCUT2D eigenvalue weighted by atomic mass is 35.5. The molecule has 152 valence electrons. The molecule has 2 rings (SSSR count). The average Bonchev–Trinajstić information content (AvgIpc) is 2.89. The molecule has 2 aromatic rings. The first-order valence-corrected chi connectivity index (χ1v) is 10.8. The second-order valence-corrected chi connectivity index (χ2v) is 10.6. The van der Waals surface area contributed by atoms with Crippen molar-refractivity contribution in [2.75, 3.05) is 13.6 Å². The zero-order valence-electron chi connectivity index (χ0n) is 18.0. The lowest BCUT2D eigenvalue weighted by Crippen LogP contribution is -2.27. The fourth-order valence-electron chi connectivity index (χ4n) is 4.32. The Hall–Kier alpha value is -0.700. The second-order valence-electron chi connectivity index (χ2n) is 9.82. The van der Waals surface area contributed by atoms with Crippen LogP contribution in [0.2, 0.25) is 10.0 Å². The molecule has 0 aliphatic carbocycles. The first kappa shape index (κ1) is 22.6. The number of hydrogen-bond acceptors (Lipinski definition) is 1. The molecule has 4 heteroatoms. The van der Waals surface area contributed by atoms with Crippen molar-refractivity contribution >= 4 is 34.1 Å². The second kappa shape index (κ2) is 8.76. The van der Waals surface area contributed by atoms with Gasteiger partial charge in [0.15, 0.2) is 0 Å². The number of hydrogen-bond donors (Lipinski definition) is 1. The molecule has 0 fully saturated rings. The molecule has 27 heavy (non-hydrogen) atoms. The molecule has 0 aliphatic heterocycles. The molecule has 0 bridgehead atoms. The number of aryl methyl sites for hydroxylation is 1. The third-order valence-electron chi connectivity index (χ3n) is 5.61. The Morgan fingerprint density at radius 3 is 2.19 bits per heavy atom. The van der Waals surface area contributed by atoms with Crippen LogP contribution < -0.4 is 5.32 Å². The Balaban J connectivity index is 2.22. The SMILES string of the molecule is CNCCC(C)(C)CC(C)(C)CCn1cc(C(C)C)c2cc(Cl)c(Cl)cc21. The van der Waals surface area contributed by atoms with E-state index in [1.54, 1.807) is 0 Å². The van der Waals surface area contributed by atoms with E-state index < -0.39 is 0 Å². The number of benzene rings is 1. The third kappa shape index (κ3) is 5.89. The fraction of sp³-hybridized carbons (Fsp3) is 0.652. The van der Waals surface area contributed by atoms with E-state index in [4.69, 9.17) is 23.2 Å². The van der Waals surface area contributed by atoms with Gasteiger partial charge in [-0.3, -0.25) is 0 Å². The predicted octanol–water partition coefficient (Wildman–Crippen LogP) is 7.51. The largest absolute Gasteiger partial charge is 0.347 e. The monoisotopic (exact) mass is 410 g/mol. The highest BCUT2D eigenvalue weighted by Crippen LogP contribution is 2.39. The van der Waals surface area contributed by atoms with Crippen molar-refractivity contribution in [3.63, 3.8) is 0 Å². The lowest BCUT2D eigenvalue weighted by atomic mass is 9.72. The summed E-state index contributed by atoms with van der Waals surface area (Å²) in [7, 11) is 2.03. The van der Waals surface area contributed by atoms with Gasteiger partial charge in [0.05, 0.1) is 10.0 Å². The Morgan fingerprint density at radius 2 is 1.59 bits per heavy atom. The highest BCUT2D eigenvalue weighted by molar-refractivity contribution is 6.42. The molecule has 0 spiro atoms. The van der Waals surface area contributed by atoms with E-state index in [1.165, 1.54) is 29.3 Å². The molecular weight excluding hydrogens is 375 g/mol. The lowest BCUT2D eigenvalue weighted by Gasteiger charge is -2.35. The van der Waals surface area contributed by atoms with E-state index in [-0.39, 0.29) is 5.41 Å². The van der Waals surface area contributed by atoms with E-state index >= 15 is 0 Å². The molecule has 0 saturated heterocycles. The summed E-state index contributed by atoms with van der Waals surface area (Å²) in [5, 5.41) is 5.78. The van der Waals surface area contributed by atoms with Crippen LogP contribution in [-0.2, 0) is 6.54 Å². The normalized spacial score (nSPS) is 13.1. The maximum absolute atomic E-state index is 6.32. The van der Waals surface area contributed by atoms with Crippen LogP contribution in [0.3, 0.4) is 0 Å². The van der Waals surface area contributed by atoms with E-state index in [2.05, 4.69) is 57.6 Å². The van der Waals surface area contributed by atoms with E-state index in [1.807, 2.05) is 19.2 Å². The van der Waals surface area contributed by atoms with Gasteiger partial charge in [0.2, 0.25) is 0 Å². The molecule has 2 nitrogen and oxygen atoms in total. The summed E-state index contributed by atoms with van der Waals surface area (Å²) in [4.78, 5) is 0. The van der Waals surface area contributed by atoms with Crippen molar-refractivity contribution in [2.45, 2.75) is 73.3 Å². The molecule has 0 amide bonds. The van der Waals surface area contributed by atoms with Crippen LogP contribution in [0.4, 0.5) is 0 Å². The van der Waals surface area contributed by atoms with E-state index in [9.17, 15) is 0 Å². The minimum atomic E-state index is 0.280. The molecule has 1 N–H and O–H groups in total. The van der Waals surface area contributed by atoms with Gasteiger partial charge < -0.3 is 9.88 Å². The molecule has 1 heterocycles. The Labute approximate surface area is 175 Å². The molecule has 0 aliphatic rings. The van der Waals surface area contributed by atoms with Crippen LogP contribution in [0.1, 0.15) is 72.3 Å². The summed E-state index contributed by atoms with van der Waals surface area (Å²) in [6.45, 7) is 16.1.